The van der Waals surface area contributed by atoms with Gasteiger partial charge in [0.2, 0.25) is 0 Å². The van der Waals surface area contributed by atoms with Crippen molar-refractivity contribution in [1.82, 2.24) is 0 Å². The fraction of sp³-hybridized carbons (Fsp3) is 0. The van der Waals surface area contributed by atoms with Gasteiger partial charge in [0.1, 0.15) is 5.75 Å². The number of cyclic esters (lactones) is 2. The Morgan fingerprint density at radius 2 is 1.24 bits per heavy atom. The van der Waals surface area contributed by atoms with Gasteiger partial charge in [0, 0.05) is 0 Å². The van der Waals surface area contributed by atoms with Crippen molar-refractivity contribution in [2.75, 3.05) is 0 Å². The summed E-state index contributed by atoms with van der Waals surface area (Å²) in [4.78, 5) is 22.6. The molecule has 9 heteroatoms. The Bertz CT molecular complexity index is 1070. The highest BCUT2D eigenvalue weighted by molar-refractivity contribution is 6.14. The van der Waals surface area contributed by atoms with E-state index in [-0.39, 0.29) is 16.9 Å². The Labute approximate surface area is 160 Å². The first kappa shape index (κ1) is 19.9. The number of phenolic OH excluding ortho intramolecular Hbond substituents is 1. The minimum absolute atomic E-state index is 0.00393. The number of aromatic hydroxyl groups is 1. The van der Waals surface area contributed by atoms with E-state index < -0.39 is 46.7 Å². The number of fused-ring (bicyclic) bond motifs is 1. The molecule has 1 aliphatic heterocycles. The fourth-order valence-corrected chi connectivity index (χ4v) is 2.31. The zero-order chi connectivity index (χ0) is 21.1. The van der Waals surface area contributed by atoms with Gasteiger partial charge in [-0.15, -0.1) is 0 Å². The molecule has 0 saturated carbocycles. The molecule has 0 saturated heterocycles. The maximum absolute atomic E-state index is 13.4. The SMILES string of the molecule is O=C1OC(=O)c2cc(Oc3c(F)cccc3F)ccc21.Oc1c(F)cccc1F. The van der Waals surface area contributed by atoms with E-state index in [0.717, 1.165) is 24.3 Å². The molecule has 0 fully saturated rings. The van der Waals surface area contributed by atoms with E-state index in [9.17, 15) is 27.2 Å². The van der Waals surface area contributed by atoms with E-state index in [1.54, 1.807) is 0 Å². The van der Waals surface area contributed by atoms with E-state index in [1.165, 1.54) is 30.3 Å². The van der Waals surface area contributed by atoms with Crippen LogP contribution in [0.1, 0.15) is 20.7 Å². The predicted octanol–water partition coefficient (Wildman–Crippen LogP) is 4.74. The third-order valence-electron chi connectivity index (χ3n) is 3.69. The summed E-state index contributed by atoms with van der Waals surface area (Å²) in [6.45, 7) is 0. The Morgan fingerprint density at radius 3 is 1.79 bits per heavy atom. The molecule has 0 spiro atoms. The standard InChI is InChI=1S/C14H6F2O4.C6H4F2O/c15-10-2-1-3-11(16)12(10)19-7-4-5-8-9(6-7)14(18)20-13(8)17;7-4-2-1-3-5(8)6(4)9/h1-6H;1-3,9H. The van der Waals surface area contributed by atoms with Crippen molar-refractivity contribution in [3.63, 3.8) is 0 Å². The van der Waals surface area contributed by atoms with Crippen LogP contribution >= 0.6 is 0 Å². The topological polar surface area (TPSA) is 72.8 Å². The van der Waals surface area contributed by atoms with Crippen molar-refractivity contribution in [3.8, 4) is 17.2 Å². The normalized spacial score (nSPS) is 12.0. The Kier molecular flexibility index (Phi) is 5.49. The molecular weight excluding hydrogens is 396 g/mol. The number of halogens is 4. The van der Waals surface area contributed by atoms with Crippen LogP contribution in [0.2, 0.25) is 0 Å². The number of rotatable bonds is 2. The average Bonchev–Trinajstić information content (AvgIpc) is 2.97. The quantitative estimate of drug-likeness (QED) is 0.378. The largest absolute Gasteiger partial charge is 0.503 e. The molecule has 0 bridgehead atoms. The summed E-state index contributed by atoms with van der Waals surface area (Å²) in [7, 11) is 0. The number of hydrogen-bond acceptors (Lipinski definition) is 5. The highest BCUT2D eigenvalue weighted by atomic mass is 19.1. The molecule has 0 unspecified atom stereocenters. The maximum Gasteiger partial charge on any atom is 0.347 e. The third-order valence-corrected chi connectivity index (χ3v) is 3.69. The van der Waals surface area contributed by atoms with Crippen molar-refractivity contribution >= 4 is 11.9 Å². The summed E-state index contributed by atoms with van der Waals surface area (Å²) in [6.07, 6.45) is 0. The van der Waals surface area contributed by atoms with Crippen LogP contribution in [0.25, 0.3) is 0 Å². The van der Waals surface area contributed by atoms with Gasteiger partial charge in [0.15, 0.2) is 34.8 Å². The molecule has 1 N–H and O–H groups in total. The van der Waals surface area contributed by atoms with E-state index >= 15 is 0 Å². The van der Waals surface area contributed by atoms with Crippen molar-refractivity contribution < 1.29 is 41.7 Å². The monoisotopic (exact) mass is 406 g/mol. The fourth-order valence-electron chi connectivity index (χ4n) is 2.31. The zero-order valence-corrected chi connectivity index (χ0v) is 14.3. The maximum atomic E-state index is 13.4. The van der Waals surface area contributed by atoms with Gasteiger partial charge < -0.3 is 14.6 Å². The molecule has 29 heavy (non-hydrogen) atoms. The molecule has 0 aromatic heterocycles. The average molecular weight is 406 g/mol. The second-order valence-corrected chi connectivity index (χ2v) is 5.61. The van der Waals surface area contributed by atoms with E-state index in [0.29, 0.717) is 0 Å². The van der Waals surface area contributed by atoms with Gasteiger partial charge in [-0.3, -0.25) is 0 Å². The number of benzene rings is 3. The summed E-state index contributed by atoms with van der Waals surface area (Å²) >= 11 is 0. The van der Waals surface area contributed by atoms with Crippen molar-refractivity contribution in [2.24, 2.45) is 0 Å². The predicted molar refractivity (Wildman–Crippen MR) is 90.6 cm³/mol. The second kappa shape index (κ2) is 8.01. The Hall–Kier alpha value is -3.88. The van der Waals surface area contributed by atoms with Gasteiger partial charge in [-0.25, -0.2) is 27.2 Å². The van der Waals surface area contributed by atoms with Gasteiger partial charge in [0.25, 0.3) is 0 Å². The van der Waals surface area contributed by atoms with Crippen LogP contribution in [0.5, 0.6) is 17.2 Å². The lowest BCUT2D eigenvalue weighted by Crippen LogP contribution is -1.97. The molecule has 0 aliphatic carbocycles. The van der Waals surface area contributed by atoms with E-state index in [1.807, 2.05) is 0 Å². The van der Waals surface area contributed by atoms with E-state index in [2.05, 4.69) is 4.74 Å². The minimum atomic E-state index is -0.935. The number of carbonyl (C=O) groups excluding carboxylic acids is 2. The number of esters is 2. The molecular formula is C20H10F4O5. The first-order valence-corrected chi connectivity index (χ1v) is 7.93. The molecule has 148 valence electrons. The Morgan fingerprint density at radius 1 is 0.724 bits per heavy atom. The number of para-hydroxylation sites is 2. The van der Waals surface area contributed by atoms with Crippen molar-refractivity contribution in [2.45, 2.75) is 0 Å². The van der Waals surface area contributed by atoms with Gasteiger partial charge in [-0.2, -0.15) is 0 Å². The van der Waals surface area contributed by atoms with Gasteiger partial charge in [0.05, 0.1) is 11.1 Å². The van der Waals surface area contributed by atoms with Crippen LogP contribution in [-0.4, -0.2) is 17.0 Å². The minimum Gasteiger partial charge on any atom is -0.503 e. The molecule has 1 aliphatic rings. The lowest BCUT2D eigenvalue weighted by atomic mass is 10.1. The smallest absolute Gasteiger partial charge is 0.347 e. The zero-order valence-electron chi connectivity index (χ0n) is 14.3. The van der Waals surface area contributed by atoms with E-state index in [4.69, 9.17) is 9.84 Å². The third kappa shape index (κ3) is 4.18. The van der Waals surface area contributed by atoms with Crippen LogP contribution in [-0.2, 0) is 4.74 Å². The molecule has 0 amide bonds. The summed E-state index contributed by atoms with van der Waals surface area (Å²) in [5.41, 5.74) is 0.0978. The number of ether oxygens (including phenoxy) is 2. The molecule has 3 aromatic rings. The van der Waals surface area contributed by atoms with Crippen LogP contribution in [0.4, 0.5) is 17.6 Å². The van der Waals surface area contributed by atoms with Crippen LogP contribution in [0.15, 0.2) is 54.6 Å². The molecule has 3 aromatic carbocycles. The number of hydrogen-bond donors (Lipinski definition) is 1. The molecule has 1 heterocycles. The molecule has 4 rings (SSSR count). The van der Waals surface area contributed by atoms with Crippen LogP contribution in [0, 0.1) is 23.3 Å². The molecule has 5 nitrogen and oxygen atoms in total. The lowest BCUT2D eigenvalue weighted by Gasteiger charge is -2.07. The molecule has 0 radical (unpaired) electrons. The van der Waals surface area contributed by atoms with Gasteiger partial charge in [-0.05, 0) is 42.5 Å². The van der Waals surface area contributed by atoms with Crippen LogP contribution < -0.4 is 4.74 Å². The van der Waals surface area contributed by atoms with Gasteiger partial charge >= 0.3 is 11.9 Å². The van der Waals surface area contributed by atoms with Crippen molar-refractivity contribution in [1.29, 1.82) is 0 Å². The number of phenols is 1. The summed E-state index contributed by atoms with van der Waals surface area (Å²) < 4.78 is 60.5. The second-order valence-electron chi connectivity index (χ2n) is 5.61. The van der Waals surface area contributed by atoms with Gasteiger partial charge in [-0.1, -0.05) is 12.1 Å². The summed E-state index contributed by atoms with van der Waals surface area (Å²) in [6, 6.07) is 10.3. The number of carbonyl (C=O) groups is 2. The first-order valence-electron chi connectivity index (χ1n) is 7.93. The first-order chi connectivity index (χ1) is 13.8. The summed E-state index contributed by atoms with van der Waals surface area (Å²) in [5.74, 6) is -6.65. The Balaban J connectivity index is 0.000000224. The molecule has 0 atom stereocenters. The highest BCUT2D eigenvalue weighted by Gasteiger charge is 2.30. The van der Waals surface area contributed by atoms with Crippen LogP contribution in [0.3, 0.4) is 0 Å². The summed E-state index contributed by atoms with van der Waals surface area (Å²) in [5, 5.41) is 8.46. The lowest BCUT2D eigenvalue weighted by molar-refractivity contribution is 0.0443. The highest BCUT2D eigenvalue weighted by Crippen LogP contribution is 2.30. The van der Waals surface area contributed by atoms with Crippen molar-refractivity contribution in [3.05, 3.63) is 89.0 Å².